The SMILES string of the molecule is O=C([O-])C1(c2cccc(Cl)c2)CCC1. The first-order valence-electron chi connectivity index (χ1n) is 4.63. The average Bonchev–Trinajstić information content (AvgIpc) is 2.00. The molecule has 1 aliphatic rings. The van der Waals surface area contributed by atoms with E-state index in [2.05, 4.69) is 0 Å². The van der Waals surface area contributed by atoms with Gasteiger partial charge in [-0.2, -0.15) is 0 Å². The van der Waals surface area contributed by atoms with Gasteiger partial charge in [-0.15, -0.1) is 0 Å². The topological polar surface area (TPSA) is 40.1 Å². The summed E-state index contributed by atoms with van der Waals surface area (Å²) in [7, 11) is 0. The molecule has 0 N–H and O–H groups in total. The van der Waals surface area contributed by atoms with Crippen molar-refractivity contribution in [3.63, 3.8) is 0 Å². The third-order valence-electron chi connectivity index (χ3n) is 2.98. The number of carbonyl (C=O) groups excluding carboxylic acids is 1. The highest BCUT2D eigenvalue weighted by molar-refractivity contribution is 6.30. The summed E-state index contributed by atoms with van der Waals surface area (Å²) >= 11 is 5.82. The minimum absolute atomic E-state index is 0.579. The van der Waals surface area contributed by atoms with E-state index in [4.69, 9.17) is 11.6 Å². The number of aliphatic carboxylic acids is 1. The molecule has 0 aliphatic heterocycles. The Bertz CT molecular complexity index is 369. The van der Waals surface area contributed by atoms with Gasteiger partial charge in [0.25, 0.3) is 0 Å². The third kappa shape index (κ3) is 1.30. The Kier molecular flexibility index (Phi) is 2.23. The first-order valence-corrected chi connectivity index (χ1v) is 5.00. The first kappa shape index (κ1) is 9.53. The third-order valence-corrected chi connectivity index (χ3v) is 3.21. The monoisotopic (exact) mass is 209 g/mol. The van der Waals surface area contributed by atoms with Crippen LogP contribution in [0.15, 0.2) is 24.3 Å². The molecular weight excluding hydrogens is 200 g/mol. The summed E-state index contributed by atoms with van der Waals surface area (Å²) in [6.45, 7) is 0. The van der Waals surface area contributed by atoms with Crippen molar-refractivity contribution in [2.75, 3.05) is 0 Å². The van der Waals surface area contributed by atoms with Gasteiger partial charge in [-0.25, -0.2) is 0 Å². The molecule has 1 fully saturated rings. The lowest BCUT2D eigenvalue weighted by Crippen LogP contribution is -2.50. The molecule has 0 saturated heterocycles. The van der Waals surface area contributed by atoms with Crippen molar-refractivity contribution < 1.29 is 9.90 Å². The molecule has 0 spiro atoms. The predicted octanol–water partition coefficient (Wildman–Crippen LogP) is 1.51. The highest BCUT2D eigenvalue weighted by Crippen LogP contribution is 2.43. The molecule has 74 valence electrons. The van der Waals surface area contributed by atoms with Crippen molar-refractivity contribution in [1.82, 2.24) is 0 Å². The van der Waals surface area contributed by atoms with Gasteiger partial charge in [0.1, 0.15) is 0 Å². The lowest BCUT2D eigenvalue weighted by Gasteiger charge is -2.43. The Morgan fingerprint density at radius 1 is 1.43 bits per heavy atom. The van der Waals surface area contributed by atoms with Crippen LogP contribution < -0.4 is 5.11 Å². The zero-order valence-electron chi connectivity index (χ0n) is 7.63. The van der Waals surface area contributed by atoms with E-state index in [0.29, 0.717) is 17.9 Å². The van der Waals surface area contributed by atoms with E-state index in [1.54, 1.807) is 24.3 Å². The molecule has 14 heavy (non-hydrogen) atoms. The average molecular weight is 210 g/mol. The lowest BCUT2D eigenvalue weighted by molar-refractivity contribution is -0.317. The first-order chi connectivity index (χ1) is 6.65. The number of carboxylic acid groups (broad SMARTS) is 1. The molecule has 0 radical (unpaired) electrons. The number of hydrogen-bond donors (Lipinski definition) is 0. The van der Waals surface area contributed by atoms with Crippen LogP contribution >= 0.6 is 11.6 Å². The molecule has 3 heteroatoms. The summed E-state index contributed by atoms with van der Waals surface area (Å²) in [5.74, 6) is -0.981. The Hall–Kier alpha value is -1.02. The van der Waals surface area contributed by atoms with Crippen LogP contribution in [-0.4, -0.2) is 5.97 Å². The molecule has 1 aliphatic carbocycles. The van der Waals surface area contributed by atoms with Crippen LogP contribution in [0, 0.1) is 0 Å². The number of rotatable bonds is 2. The number of carbonyl (C=O) groups is 1. The quantitative estimate of drug-likeness (QED) is 0.741. The number of benzene rings is 1. The summed E-state index contributed by atoms with van der Waals surface area (Å²) in [6, 6.07) is 7.05. The van der Waals surface area contributed by atoms with E-state index in [1.807, 2.05) is 0 Å². The van der Waals surface area contributed by atoms with Crippen molar-refractivity contribution in [1.29, 1.82) is 0 Å². The minimum Gasteiger partial charge on any atom is -0.549 e. The van der Waals surface area contributed by atoms with E-state index in [9.17, 15) is 9.90 Å². The molecule has 0 bridgehead atoms. The van der Waals surface area contributed by atoms with E-state index >= 15 is 0 Å². The maximum absolute atomic E-state index is 11.1. The minimum atomic E-state index is -0.981. The molecule has 0 heterocycles. The standard InChI is InChI=1S/C11H11ClO2/c12-9-4-1-3-8(7-9)11(10(13)14)5-2-6-11/h1,3-4,7H,2,5-6H2,(H,13,14)/p-1. The van der Waals surface area contributed by atoms with Crippen LogP contribution in [-0.2, 0) is 10.2 Å². The van der Waals surface area contributed by atoms with E-state index in [0.717, 1.165) is 12.0 Å². The molecule has 1 aromatic carbocycles. The van der Waals surface area contributed by atoms with Crippen LogP contribution in [0.2, 0.25) is 5.02 Å². The van der Waals surface area contributed by atoms with Gasteiger partial charge in [0.15, 0.2) is 0 Å². The summed E-state index contributed by atoms with van der Waals surface area (Å²) in [6.07, 6.45) is 2.27. The van der Waals surface area contributed by atoms with Gasteiger partial charge >= 0.3 is 0 Å². The molecule has 0 unspecified atom stereocenters. The second-order valence-electron chi connectivity index (χ2n) is 3.73. The van der Waals surface area contributed by atoms with Crippen LogP contribution in [0.1, 0.15) is 24.8 Å². The fourth-order valence-corrected chi connectivity index (χ4v) is 2.12. The van der Waals surface area contributed by atoms with Gasteiger partial charge in [0.2, 0.25) is 0 Å². The van der Waals surface area contributed by atoms with Gasteiger partial charge in [0.05, 0.1) is 5.97 Å². The molecular formula is C11H10ClO2-. The van der Waals surface area contributed by atoms with Gasteiger partial charge in [-0.1, -0.05) is 30.2 Å². The second-order valence-corrected chi connectivity index (χ2v) is 4.17. The van der Waals surface area contributed by atoms with Gasteiger partial charge < -0.3 is 9.90 Å². The van der Waals surface area contributed by atoms with Gasteiger partial charge in [-0.3, -0.25) is 0 Å². The molecule has 1 aromatic rings. The van der Waals surface area contributed by atoms with Crippen molar-refractivity contribution >= 4 is 17.6 Å². The largest absolute Gasteiger partial charge is 0.549 e. The maximum atomic E-state index is 11.1. The van der Waals surface area contributed by atoms with E-state index in [1.165, 1.54) is 0 Å². The number of halogens is 1. The Labute approximate surface area is 87.5 Å². The van der Waals surface area contributed by atoms with Crippen molar-refractivity contribution in [3.8, 4) is 0 Å². The van der Waals surface area contributed by atoms with Crippen molar-refractivity contribution in [3.05, 3.63) is 34.9 Å². The number of hydrogen-bond acceptors (Lipinski definition) is 2. The van der Waals surface area contributed by atoms with Crippen LogP contribution in [0.3, 0.4) is 0 Å². The smallest absolute Gasteiger partial charge is 0.0520 e. The van der Waals surface area contributed by atoms with Crippen LogP contribution in [0.25, 0.3) is 0 Å². The maximum Gasteiger partial charge on any atom is 0.0520 e. The zero-order chi connectivity index (χ0) is 10.2. The van der Waals surface area contributed by atoms with Gasteiger partial charge in [0, 0.05) is 10.4 Å². The normalized spacial score (nSPS) is 18.6. The summed E-state index contributed by atoms with van der Waals surface area (Å²) in [4.78, 5) is 11.1. The second kappa shape index (κ2) is 3.28. The Balaban J connectivity index is 2.42. The summed E-state index contributed by atoms with van der Waals surface area (Å²) in [5, 5.41) is 11.6. The molecule has 0 amide bonds. The molecule has 1 saturated carbocycles. The highest BCUT2D eigenvalue weighted by atomic mass is 35.5. The van der Waals surface area contributed by atoms with E-state index in [-0.39, 0.29) is 0 Å². The summed E-state index contributed by atoms with van der Waals surface area (Å²) in [5.41, 5.74) is 0.00139. The lowest BCUT2D eigenvalue weighted by atomic mass is 9.64. The molecule has 2 rings (SSSR count). The molecule has 2 nitrogen and oxygen atoms in total. The predicted molar refractivity (Wildman–Crippen MR) is 52.0 cm³/mol. The zero-order valence-corrected chi connectivity index (χ0v) is 8.38. The van der Waals surface area contributed by atoms with Crippen LogP contribution in [0.5, 0.6) is 0 Å². The van der Waals surface area contributed by atoms with Crippen molar-refractivity contribution in [2.45, 2.75) is 24.7 Å². The van der Waals surface area contributed by atoms with Gasteiger partial charge in [-0.05, 0) is 30.5 Å². The Morgan fingerprint density at radius 3 is 2.57 bits per heavy atom. The van der Waals surface area contributed by atoms with Crippen LogP contribution in [0.4, 0.5) is 0 Å². The Morgan fingerprint density at radius 2 is 2.14 bits per heavy atom. The van der Waals surface area contributed by atoms with Crippen molar-refractivity contribution in [2.24, 2.45) is 0 Å². The molecule has 0 atom stereocenters. The number of carboxylic acids is 1. The fraction of sp³-hybridized carbons (Fsp3) is 0.364. The molecule has 0 aromatic heterocycles. The van der Waals surface area contributed by atoms with E-state index < -0.39 is 11.4 Å². The fourth-order valence-electron chi connectivity index (χ4n) is 1.93. The highest BCUT2D eigenvalue weighted by Gasteiger charge is 2.40. The summed E-state index contributed by atoms with van der Waals surface area (Å²) < 4.78 is 0.